The average Bonchev–Trinajstić information content (AvgIpc) is 2.99. The highest BCUT2D eigenvalue weighted by Crippen LogP contribution is 2.14. The van der Waals surface area contributed by atoms with E-state index in [-0.39, 0.29) is 25.1 Å². The van der Waals surface area contributed by atoms with Crippen LogP contribution in [0.2, 0.25) is 0 Å². The summed E-state index contributed by atoms with van der Waals surface area (Å²) in [6, 6.07) is 7.33. The summed E-state index contributed by atoms with van der Waals surface area (Å²) >= 11 is 3.34. The summed E-state index contributed by atoms with van der Waals surface area (Å²) in [5.74, 6) is -0.317. The Balaban J connectivity index is 1.92. The number of hydrogen-bond donors (Lipinski definition) is 1. The molecular weight excluding hydrogens is 384 g/mol. The molecule has 1 aromatic carbocycles. The van der Waals surface area contributed by atoms with E-state index in [0.717, 1.165) is 35.7 Å². The molecular formula is C15H21BrN2O4S. The molecule has 1 atom stereocenters. The summed E-state index contributed by atoms with van der Waals surface area (Å²) in [6.07, 6.45) is 3.07. The van der Waals surface area contributed by atoms with Crippen LogP contribution in [0.5, 0.6) is 0 Å². The van der Waals surface area contributed by atoms with E-state index < -0.39 is 10.0 Å². The molecule has 0 aliphatic carbocycles. The van der Waals surface area contributed by atoms with E-state index in [0.29, 0.717) is 6.54 Å². The average molecular weight is 405 g/mol. The molecule has 1 fully saturated rings. The third-order valence-corrected chi connectivity index (χ3v) is 5.34. The lowest BCUT2D eigenvalue weighted by Gasteiger charge is -2.20. The third-order valence-electron chi connectivity index (χ3n) is 3.61. The second-order valence-electron chi connectivity index (χ2n) is 5.60. The first-order valence-electron chi connectivity index (χ1n) is 7.42. The first kappa shape index (κ1) is 18.4. The lowest BCUT2D eigenvalue weighted by Crippen LogP contribution is -2.42. The summed E-state index contributed by atoms with van der Waals surface area (Å²) in [4.78, 5) is 12.0. The fraction of sp³-hybridized carbons (Fsp3) is 0.533. The summed E-state index contributed by atoms with van der Waals surface area (Å²) < 4.78 is 31.3. The predicted octanol–water partition coefficient (Wildman–Crippen LogP) is 1.51. The Bertz CT molecular complexity index is 627. The van der Waals surface area contributed by atoms with E-state index in [9.17, 15) is 13.2 Å². The second-order valence-corrected chi connectivity index (χ2v) is 8.49. The van der Waals surface area contributed by atoms with Crippen molar-refractivity contribution in [1.29, 1.82) is 0 Å². The highest BCUT2D eigenvalue weighted by molar-refractivity contribution is 9.10. The Morgan fingerprint density at radius 3 is 2.65 bits per heavy atom. The van der Waals surface area contributed by atoms with Crippen LogP contribution < -0.4 is 5.32 Å². The van der Waals surface area contributed by atoms with Crippen LogP contribution in [0.1, 0.15) is 18.4 Å². The van der Waals surface area contributed by atoms with Crippen LogP contribution in [0, 0.1) is 0 Å². The zero-order valence-corrected chi connectivity index (χ0v) is 15.4. The monoisotopic (exact) mass is 404 g/mol. The lowest BCUT2D eigenvalue weighted by atomic mass is 10.2. The Kier molecular flexibility index (Phi) is 6.58. The lowest BCUT2D eigenvalue weighted by molar-refractivity contribution is -0.121. The van der Waals surface area contributed by atoms with Gasteiger partial charge in [0, 0.05) is 24.2 Å². The van der Waals surface area contributed by atoms with Crippen molar-refractivity contribution in [2.24, 2.45) is 0 Å². The van der Waals surface area contributed by atoms with Crippen molar-refractivity contribution in [3.8, 4) is 0 Å². The third kappa shape index (κ3) is 6.21. The molecule has 1 aliphatic heterocycles. The number of amides is 1. The van der Waals surface area contributed by atoms with Crippen LogP contribution in [-0.2, 0) is 26.1 Å². The van der Waals surface area contributed by atoms with Gasteiger partial charge < -0.3 is 10.1 Å². The second kappa shape index (κ2) is 8.23. The molecule has 1 saturated heterocycles. The largest absolute Gasteiger partial charge is 0.376 e. The van der Waals surface area contributed by atoms with Gasteiger partial charge in [0.2, 0.25) is 15.9 Å². The van der Waals surface area contributed by atoms with E-state index in [1.165, 1.54) is 4.31 Å². The Hall–Kier alpha value is -0.960. The van der Waals surface area contributed by atoms with Crippen molar-refractivity contribution in [3.63, 3.8) is 0 Å². The van der Waals surface area contributed by atoms with E-state index >= 15 is 0 Å². The van der Waals surface area contributed by atoms with Gasteiger partial charge >= 0.3 is 0 Å². The molecule has 0 aromatic heterocycles. The van der Waals surface area contributed by atoms with Gasteiger partial charge in [-0.3, -0.25) is 4.79 Å². The molecule has 1 aliphatic rings. The molecule has 6 nitrogen and oxygen atoms in total. The van der Waals surface area contributed by atoms with Crippen LogP contribution in [0.4, 0.5) is 0 Å². The van der Waals surface area contributed by atoms with Gasteiger partial charge in [0.05, 0.1) is 18.9 Å². The van der Waals surface area contributed by atoms with E-state index in [2.05, 4.69) is 21.2 Å². The first-order valence-corrected chi connectivity index (χ1v) is 10.1. The van der Waals surface area contributed by atoms with Gasteiger partial charge in [-0.25, -0.2) is 8.42 Å². The normalized spacial score (nSPS) is 18.3. The van der Waals surface area contributed by atoms with Crippen LogP contribution in [0.3, 0.4) is 0 Å². The van der Waals surface area contributed by atoms with Gasteiger partial charge in [0.25, 0.3) is 0 Å². The van der Waals surface area contributed by atoms with Gasteiger partial charge in [-0.05, 0) is 30.5 Å². The Labute approximate surface area is 145 Å². The van der Waals surface area contributed by atoms with Crippen LogP contribution in [-0.4, -0.2) is 50.7 Å². The minimum atomic E-state index is -3.48. The minimum Gasteiger partial charge on any atom is -0.376 e. The zero-order chi connectivity index (χ0) is 16.9. The number of rotatable bonds is 7. The number of benzene rings is 1. The maximum absolute atomic E-state index is 12.0. The number of hydrogen-bond acceptors (Lipinski definition) is 4. The molecule has 0 bridgehead atoms. The Morgan fingerprint density at radius 2 is 2.09 bits per heavy atom. The van der Waals surface area contributed by atoms with Gasteiger partial charge in [-0.15, -0.1) is 0 Å². The highest BCUT2D eigenvalue weighted by atomic mass is 79.9. The number of carbonyl (C=O) groups is 1. The molecule has 8 heteroatoms. The zero-order valence-electron chi connectivity index (χ0n) is 13.0. The first-order chi connectivity index (χ1) is 10.8. The van der Waals surface area contributed by atoms with Crippen LogP contribution in [0.25, 0.3) is 0 Å². The molecule has 2 rings (SSSR count). The number of sulfonamides is 1. The molecule has 1 N–H and O–H groups in total. The molecule has 128 valence electrons. The van der Waals surface area contributed by atoms with Crippen molar-refractivity contribution in [2.75, 3.05) is 26.0 Å². The predicted molar refractivity (Wildman–Crippen MR) is 91.4 cm³/mol. The summed E-state index contributed by atoms with van der Waals surface area (Å²) in [5.41, 5.74) is 0.825. The highest BCUT2D eigenvalue weighted by Gasteiger charge is 2.22. The molecule has 1 aromatic rings. The molecule has 0 radical (unpaired) electrons. The number of nitrogens with zero attached hydrogens (tertiary/aromatic N) is 1. The maximum atomic E-state index is 12.0. The standard InChI is InChI=1S/C15H21BrN2O4S/c1-23(20,21)18(10-12-4-6-13(16)7-5-12)11-15(19)17-9-14-3-2-8-22-14/h4-7,14H,2-3,8-11H2,1H3,(H,17,19)/t14-/m0/s1. The van der Waals surface area contributed by atoms with E-state index in [1.54, 1.807) is 0 Å². The van der Waals surface area contributed by atoms with Crippen molar-refractivity contribution in [1.82, 2.24) is 9.62 Å². The van der Waals surface area contributed by atoms with Crippen LogP contribution >= 0.6 is 15.9 Å². The number of halogens is 1. The Morgan fingerprint density at radius 1 is 1.39 bits per heavy atom. The van der Waals surface area contributed by atoms with Gasteiger partial charge in [-0.2, -0.15) is 4.31 Å². The van der Waals surface area contributed by atoms with Gasteiger partial charge in [0.1, 0.15) is 0 Å². The molecule has 0 spiro atoms. The number of ether oxygens (including phenoxy) is 1. The summed E-state index contributed by atoms with van der Waals surface area (Å²) in [5, 5.41) is 2.74. The quantitative estimate of drug-likeness (QED) is 0.746. The van der Waals surface area contributed by atoms with Crippen molar-refractivity contribution in [2.45, 2.75) is 25.5 Å². The topological polar surface area (TPSA) is 75.7 Å². The van der Waals surface area contributed by atoms with Gasteiger partial charge in [-0.1, -0.05) is 28.1 Å². The summed E-state index contributed by atoms with van der Waals surface area (Å²) in [6.45, 7) is 1.12. The minimum absolute atomic E-state index is 0.0390. The molecule has 1 amide bonds. The number of carbonyl (C=O) groups excluding carboxylic acids is 1. The SMILES string of the molecule is CS(=O)(=O)N(CC(=O)NC[C@@H]1CCCO1)Cc1ccc(Br)cc1. The maximum Gasteiger partial charge on any atom is 0.235 e. The van der Waals surface area contributed by atoms with Crippen LogP contribution in [0.15, 0.2) is 28.7 Å². The van der Waals surface area contributed by atoms with Crippen molar-refractivity contribution in [3.05, 3.63) is 34.3 Å². The smallest absolute Gasteiger partial charge is 0.235 e. The van der Waals surface area contributed by atoms with E-state index in [1.807, 2.05) is 24.3 Å². The molecule has 0 unspecified atom stereocenters. The molecule has 1 heterocycles. The van der Waals surface area contributed by atoms with Gasteiger partial charge in [0.15, 0.2) is 0 Å². The van der Waals surface area contributed by atoms with Crippen molar-refractivity contribution >= 4 is 31.9 Å². The fourth-order valence-electron chi connectivity index (χ4n) is 2.33. The van der Waals surface area contributed by atoms with Crippen molar-refractivity contribution < 1.29 is 17.9 Å². The fourth-order valence-corrected chi connectivity index (χ4v) is 3.33. The van der Waals surface area contributed by atoms with E-state index in [4.69, 9.17) is 4.74 Å². The number of nitrogens with one attached hydrogen (secondary N) is 1. The molecule has 23 heavy (non-hydrogen) atoms. The molecule has 0 saturated carbocycles. The summed E-state index contributed by atoms with van der Waals surface area (Å²) in [7, 11) is -3.48.